The molecule has 1 amide bonds. The molecule has 22 heavy (non-hydrogen) atoms. The Balaban J connectivity index is 2.28. The van der Waals surface area contributed by atoms with Crippen molar-refractivity contribution < 1.29 is 17.9 Å². The van der Waals surface area contributed by atoms with Crippen LogP contribution in [0.25, 0.3) is 0 Å². The van der Waals surface area contributed by atoms with E-state index < -0.39 is 15.9 Å². The number of benzene rings is 1. The Morgan fingerprint density at radius 3 is 2.55 bits per heavy atom. The first-order valence-corrected chi connectivity index (χ1v) is 7.81. The number of carbonyl (C=O) groups excluding carboxylic acids is 1. The molecule has 8 heteroatoms. The lowest BCUT2D eigenvalue weighted by Crippen LogP contribution is -2.17. The van der Waals surface area contributed by atoms with Gasteiger partial charge in [-0.05, 0) is 30.7 Å². The van der Waals surface area contributed by atoms with Gasteiger partial charge in [0.1, 0.15) is 0 Å². The van der Waals surface area contributed by atoms with Crippen molar-refractivity contribution in [1.82, 2.24) is 4.98 Å². The fourth-order valence-electron chi connectivity index (χ4n) is 1.80. The summed E-state index contributed by atoms with van der Waals surface area (Å²) in [5.41, 5.74) is 1.32. The minimum atomic E-state index is -3.87. The number of nitrogens with one attached hydrogen (secondary N) is 1. The number of carbonyl (C=O) groups is 1. The topological polar surface area (TPSA) is 111 Å². The van der Waals surface area contributed by atoms with Crippen molar-refractivity contribution in [3.8, 4) is 5.88 Å². The Kier molecular flexibility index (Phi) is 4.43. The second-order valence-electron chi connectivity index (χ2n) is 4.57. The molecule has 0 aliphatic rings. The summed E-state index contributed by atoms with van der Waals surface area (Å²) in [5, 5.41) is 7.71. The minimum Gasteiger partial charge on any atom is -0.481 e. The molecule has 0 aliphatic carbocycles. The van der Waals surface area contributed by atoms with E-state index in [9.17, 15) is 13.2 Å². The van der Waals surface area contributed by atoms with E-state index in [1.165, 1.54) is 31.5 Å². The highest BCUT2D eigenvalue weighted by molar-refractivity contribution is 7.89. The Labute approximate surface area is 128 Å². The number of aryl methyl sites for hydroxylation is 1. The van der Waals surface area contributed by atoms with Gasteiger partial charge in [0.05, 0.1) is 23.9 Å². The first-order valence-electron chi connectivity index (χ1n) is 6.26. The van der Waals surface area contributed by atoms with E-state index in [1.807, 2.05) is 0 Å². The van der Waals surface area contributed by atoms with Crippen LogP contribution in [0.2, 0.25) is 0 Å². The third-order valence-corrected chi connectivity index (χ3v) is 3.90. The summed E-state index contributed by atoms with van der Waals surface area (Å²) in [5.74, 6) is -0.0274. The summed E-state index contributed by atoms with van der Waals surface area (Å²) in [7, 11) is -2.38. The smallest absolute Gasteiger partial charge is 0.256 e. The normalized spacial score (nSPS) is 11.0. The van der Waals surface area contributed by atoms with E-state index in [0.29, 0.717) is 17.1 Å². The number of anilines is 1. The molecule has 0 atom stereocenters. The van der Waals surface area contributed by atoms with Crippen molar-refractivity contribution in [2.75, 3.05) is 12.4 Å². The number of pyridine rings is 1. The standard InChI is InChI=1S/C14H15N3O4S/c1-9-3-5-11(22(15,19)20)7-12(9)14(18)17-10-4-6-13(21-2)16-8-10/h3-8H,1-2H3,(H,17,18)(H2,15,19,20). The van der Waals surface area contributed by atoms with Gasteiger partial charge in [0.2, 0.25) is 15.9 Å². The summed E-state index contributed by atoms with van der Waals surface area (Å²) in [6.07, 6.45) is 1.44. The first-order chi connectivity index (χ1) is 10.3. The van der Waals surface area contributed by atoms with Crippen molar-refractivity contribution in [3.05, 3.63) is 47.7 Å². The number of ether oxygens (including phenoxy) is 1. The Bertz CT molecular complexity index is 801. The quantitative estimate of drug-likeness (QED) is 0.881. The number of hydrogen-bond donors (Lipinski definition) is 2. The molecule has 2 rings (SSSR count). The van der Waals surface area contributed by atoms with Gasteiger partial charge in [-0.1, -0.05) is 6.07 Å². The summed E-state index contributed by atoms with van der Waals surface area (Å²) in [6.45, 7) is 1.70. The fraction of sp³-hybridized carbons (Fsp3) is 0.143. The van der Waals surface area contributed by atoms with E-state index in [1.54, 1.807) is 19.1 Å². The predicted molar refractivity (Wildman–Crippen MR) is 81.3 cm³/mol. The van der Waals surface area contributed by atoms with Crippen LogP contribution >= 0.6 is 0 Å². The Morgan fingerprint density at radius 1 is 1.27 bits per heavy atom. The maximum atomic E-state index is 12.3. The molecule has 0 unspecified atom stereocenters. The van der Waals surface area contributed by atoms with Crippen LogP contribution in [0.1, 0.15) is 15.9 Å². The third kappa shape index (κ3) is 3.60. The van der Waals surface area contributed by atoms with E-state index in [0.717, 1.165) is 0 Å². The SMILES string of the molecule is COc1ccc(NC(=O)c2cc(S(N)(=O)=O)ccc2C)cn1. The summed E-state index contributed by atoms with van der Waals surface area (Å²) in [4.78, 5) is 16.1. The molecule has 0 saturated carbocycles. The van der Waals surface area contributed by atoms with Gasteiger partial charge < -0.3 is 10.1 Å². The Hall–Kier alpha value is -2.45. The Morgan fingerprint density at radius 2 is 2.00 bits per heavy atom. The summed E-state index contributed by atoms with van der Waals surface area (Å²) >= 11 is 0. The van der Waals surface area contributed by atoms with Crippen molar-refractivity contribution >= 4 is 21.6 Å². The highest BCUT2D eigenvalue weighted by Crippen LogP contribution is 2.17. The van der Waals surface area contributed by atoms with Gasteiger partial charge in [-0.25, -0.2) is 18.5 Å². The van der Waals surface area contributed by atoms with Gasteiger partial charge in [0.25, 0.3) is 5.91 Å². The van der Waals surface area contributed by atoms with Crippen molar-refractivity contribution in [2.45, 2.75) is 11.8 Å². The summed E-state index contributed by atoms with van der Waals surface area (Å²) in [6, 6.07) is 7.36. The van der Waals surface area contributed by atoms with Crippen LogP contribution in [0.3, 0.4) is 0 Å². The lowest BCUT2D eigenvalue weighted by atomic mass is 10.1. The lowest BCUT2D eigenvalue weighted by Gasteiger charge is -2.09. The lowest BCUT2D eigenvalue weighted by molar-refractivity contribution is 0.102. The van der Waals surface area contributed by atoms with E-state index >= 15 is 0 Å². The number of methoxy groups -OCH3 is 1. The van der Waals surface area contributed by atoms with Crippen LogP contribution in [0.4, 0.5) is 5.69 Å². The van der Waals surface area contributed by atoms with Crippen molar-refractivity contribution in [2.24, 2.45) is 5.14 Å². The van der Waals surface area contributed by atoms with Gasteiger partial charge >= 0.3 is 0 Å². The van der Waals surface area contributed by atoms with Gasteiger partial charge in [0, 0.05) is 11.6 Å². The molecule has 0 radical (unpaired) electrons. The van der Waals surface area contributed by atoms with Crippen LogP contribution in [-0.4, -0.2) is 26.4 Å². The monoisotopic (exact) mass is 321 g/mol. The maximum Gasteiger partial charge on any atom is 0.256 e. The maximum absolute atomic E-state index is 12.3. The van der Waals surface area contributed by atoms with Crippen molar-refractivity contribution in [1.29, 1.82) is 0 Å². The fourth-order valence-corrected chi connectivity index (χ4v) is 2.34. The first kappa shape index (κ1) is 15.9. The largest absolute Gasteiger partial charge is 0.481 e. The molecule has 1 aromatic heterocycles. The number of amides is 1. The van der Waals surface area contributed by atoms with Crippen LogP contribution in [0.5, 0.6) is 5.88 Å². The molecule has 2 aromatic rings. The highest BCUT2D eigenvalue weighted by atomic mass is 32.2. The number of aromatic nitrogens is 1. The minimum absolute atomic E-state index is 0.115. The molecule has 1 aromatic carbocycles. The van der Waals surface area contributed by atoms with Gasteiger partial charge in [0.15, 0.2) is 0 Å². The van der Waals surface area contributed by atoms with Crippen LogP contribution in [-0.2, 0) is 10.0 Å². The van der Waals surface area contributed by atoms with Crippen LogP contribution in [0.15, 0.2) is 41.4 Å². The van der Waals surface area contributed by atoms with Crippen molar-refractivity contribution in [3.63, 3.8) is 0 Å². The second kappa shape index (κ2) is 6.12. The molecule has 116 valence electrons. The molecule has 0 bridgehead atoms. The number of primary sulfonamides is 1. The predicted octanol–water partition coefficient (Wildman–Crippen LogP) is 1.30. The number of nitrogens with zero attached hydrogens (tertiary/aromatic N) is 1. The molecule has 1 heterocycles. The molecule has 0 spiro atoms. The second-order valence-corrected chi connectivity index (χ2v) is 6.13. The molecule has 0 aliphatic heterocycles. The molecule has 7 nitrogen and oxygen atoms in total. The third-order valence-electron chi connectivity index (χ3n) is 2.99. The molecule has 0 saturated heterocycles. The number of sulfonamides is 1. The number of rotatable bonds is 4. The molecule has 0 fully saturated rings. The van der Waals surface area contributed by atoms with E-state index in [-0.39, 0.29) is 10.5 Å². The number of nitrogens with two attached hydrogens (primary N) is 1. The molecular formula is C14H15N3O4S. The van der Waals surface area contributed by atoms with Gasteiger partial charge in [-0.15, -0.1) is 0 Å². The average molecular weight is 321 g/mol. The van der Waals surface area contributed by atoms with E-state index in [2.05, 4.69) is 10.3 Å². The average Bonchev–Trinajstić information content (AvgIpc) is 2.47. The zero-order chi connectivity index (χ0) is 16.3. The van der Waals surface area contributed by atoms with Gasteiger partial charge in [-0.3, -0.25) is 4.79 Å². The molecular weight excluding hydrogens is 306 g/mol. The molecule has 3 N–H and O–H groups in total. The zero-order valence-electron chi connectivity index (χ0n) is 12.0. The number of hydrogen-bond acceptors (Lipinski definition) is 5. The highest BCUT2D eigenvalue weighted by Gasteiger charge is 2.15. The zero-order valence-corrected chi connectivity index (χ0v) is 12.8. The van der Waals surface area contributed by atoms with E-state index in [4.69, 9.17) is 9.88 Å². The van der Waals surface area contributed by atoms with Gasteiger partial charge in [-0.2, -0.15) is 0 Å². The van der Waals surface area contributed by atoms with Crippen LogP contribution < -0.4 is 15.2 Å². The summed E-state index contributed by atoms with van der Waals surface area (Å²) < 4.78 is 27.7. The van der Waals surface area contributed by atoms with Crippen LogP contribution in [0, 0.1) is 6.92 Å².